The van der Waals surface area contributed by atoms with Crippen molar-refractivity contribution >= 4 is 0 Å². The van der Waals surface area contributed by atoms with E-state index in [-0.39, 0.29) is 30.3 Å². The topological polar surface area (TPSA) is 249 Å². The second kappa shape index (κ2) is 17.2. The smallest absolute Gasteiger partial charge is 0.186 e. The van der Waals surface area contributed by atoms with Crippen molar-refractivity contribution in [2.75, 3.05) is 26.4 Å². The van der Waals surface area contributed by atoms with E-state index in [1.807, 2.05) is 0 Å². The first-order valence-electron chi connectivity index (χ1n) is 23.7. The molecule has 0 amide bonds. The van der Waals surface area contributed by atoms with Gasteiger partial charge < -0.3 is 74.4 Å². The number of piperidine rings is 1. The van der Waals surface area contributed by atoms with Gasteiger partial charge in [0.25, 0.3) is 0 Å². The van der Waals surface area contributed by atoms with Crippen LogP contribution in [0.15, 0.2) is 0 Å². The summed E-state index contributed by atoms with van der Waals surface area (Å²) in [5, 5.41) is 100. The van der Waals surface area contributed by atoms with Gasteiger partial charge >= 0.3 is 0 Å². The van der Waals surface area contributed by atoms with Crippen LogP contribution in [-0.2, 0) is 28.4 Å². The van der Waals surface area contributed by atoms with Gasteiger partial charge in [-0.1, -0.05) is 27.7 Å². The Morgan fingerprint density at radius 1 is 0.672 bits per heavy atom. The zero-order chi connectivity index (χ0) is 43.3. The van der Waals surface area contributed by atoms with Gasteiger partial charge in [-0.25, -0.2) is 0 Å². The summed E-state index contributed by atoms with van der Waals surface area (Å²) < 4.78 is 36.7. The SMILES string of the molecule is C[C@H]1CC[C@]2(NC1)O[C@H]1C[C@H]3[C@@H]4CC[C@H]5C[C@@H](O[C@@H]6O[C@H](CO)[C@H](C[C@H]7O[C@H](CO)[C@@H](O)[C@H](O[C@@H]8OC[C@@H](O)[C@H](O)[C@H]8O)[C@H]7O)[C@H](O)[C@H]6O)CC[C@]5(C)[C@H]4CC[C@]3(C)[C@H]1[C@@H]2C. The van der Waals surface area contributed by atoms with E-state index in [4.69, 9.17) is 28.4 Å². The molecular weight excluding hydrogens is 794 g/mol. The molecule has 4 saturated carbocycles. The molecule has 10 N–H and O–H groups in total. The van der Waals surface area contributed by atoms with Crippen molar-refractivity contribution < 1.29 is 74.4 Å². The summed E-state index contributed by atoms with van der Waals surface area (Å²) in [6.45, 7) is 9.39. The maximum absolute atomic E-state index is 11.6. The molecule has 1 spiro atoms. The number of rotatable bonds is 8. The van der Waals surface area contributed by atoms with Crippen molar-refractivity contribution in [3.63, 3.8) is 0 Å². The van der Waals surface area contributed by atoms with Gasteiger partial charge in [0, 0.05) is 18.4 Å². The van der Waals surface area contributed by atoms with Crippen molar-refractivity contribution in [1.82, 2.24) is 5.32 Å². The second-order valence-corrected chi connectivity index (χ2v) is 21.7. The number of ether oxygens (including phenoxy) is 6. The molecule has 9 aliphatic rings. The van der Waals surface area contributed by atoms with Gasteiger partial charge in [0.2, 0.25) is 0 Å². The zero-order valence-electron chi connectivity index (χ0n) is 36.4. The van der Waals surface area contributed by atoms with Gasteiger partial charge in [-0.05, 0) is 117 Å². The van der Waals surface area contributed by atoms with Crippen LogP contribution in [0.1, 0.15) is 98.3 Å². The van der Waals surface area contributed by atoms with E-state index in [0.717, 1.165) is 38.6 Å². The predicted molar refractivity (Wildman–Crippen MR) is 215 cm³/mol. The van der Waals surface area contributed by atoms with Crippen molar-refractivity contribution in [2.45, 2.75) is 196 Å². The number of aliphatic hydroxyl groups excluding tert-OH is 9. The van der Waals surface area contributed by atoms with Gasteiger partial charge in [-0.15, -0.1) is 0 Å². The highest BCUT2D eigenvalue weighted by Gasteiger charge is 2.69. The lowest BCUT2D eigenvalue weighted by atomic mass is 9.44. The van der Waals surface area contributed by atoms with Gasteiger partial charge in [-0.2, -0.15) is 0 Å². The lowest BCUT2D eigenvalue weighted by Gasteiger charge is -2.61. The maximum atomic E-state index is 11.6. The van der Waals surface area contributed by atoms with E-state index in [1.54, 1.807) is 0 Å². The normalized spacial score (nSPS) is 58.5. The Morgan fingerprint density at radius 2 is 1.39 bits per heavy atom. The molecule has 16 nitrogen and oxygen atoms in total. The Bertz CT molecular complexity index is 1520. The summed E-state index contributed by atoms with van der Waals surface area (Å²) in [6, 6.07) is 0. The fourth-order valence-electron chi connectivity index (χ4n) is 15.1. The fourth-order valence-corrected chi connectivity index (χ4v) is 15.1. The summed E-state index contributed by atoms with van der Waals surface area (Å²) in [4.78, 5) is 0. The molecule has 16 heteroatoms. The van der Waals surface area contributed by atoms with E-state index in [9.17, 15) is 46.0 Å². The molecular formula is C45H75NO15. The van der Waals surface area contributed by atoms with E-state index in [1.165, 1.54) is 32.1 Å². The molecule has 9 fully saturated rings. The van der Waals surface area contributed by atoms with Gasteiger partial charge in [0.05, 0.1) is 50.3 Å². The van der Waals surface area contributed by atoms with Crippen LogP contribution in [0.5, 0.6) is 0 Å². The van der Waals surface area contributed by atoms with Gasteiger partial charge in [0.15, 0.2) is 12.6 Å². The first kappa shape index (κ1) is 45.5. The third-order valence-electron chi connectivity index (χ3n) is 18.7. The lowest BCUT2D eigenvalue weighted by molar-refractivity contribution is -0.331. The molecule has 0 aromatic carbocycles. The molecule has 4 aliphatic carbocycles. The Morgan fingerprint density at radius 3 is 2.11 bits per heavy atom. The standard InChI is InChI=1S/C45H75NO15/c1-20-7-12-45(46-16-20)21(2)33-29(61-45)15-27-24-6-5-22-13-23(8-10-43(22,3)26(24)9-11-44(27,33)4)57-42-38(54)34(50)25(31(17-47)59-42)14-30-36(52)40(37(53)32(18-48)58-30)60-41-39(55)35(51)28(49)19-56-41/h20-42,46-55H,5-19H2,1-4H3/t20-,21-,22-,23-,24+,25-,26-,27-,28+,29-,30+,31+,32+,33-,34-,35-,36-,37+,38+,39+,40+,41-,42+,43-,44-,45-/m0/s1. The molecule has 5 aliphatic heterocycles. The van der Waals surface area contributed by atoms with Crippen molar-refractivity contribution in [3.05, 3.63) is 0 Å². The summed E-state index contributed by atoms with van der Waals surface area (Å²) in [5.74, 6) is 3.30. The molecule has 0 bridgehead atoms. The van der Waals surface area contributed by atoms with Crippen molar-refractivity contribution in [2.24, 2.45) is 58.2 Å². The molecule has 5 saturated heterocycles. The van der Waals surface area contributed by atoms with Crippen LogP contribution in [0.4, 0.5) is 0 Å². The van der Waals surface area contributed by atoms with Crippen LogP contribution in [0.25, 0.3) is 0 Å². The number of nitrogens with one attached hydrogen (secondary N) is 1. The molecule has 350 valence electrons. The van der Waals surface area contributed by atoms with Crippen LogP contribution >= 0.6 is 0 Å². The zero-order valence-corrected chi connectivity index (χ0v) is 36.4. The van der Waals surface area contributed by atoms with Crippen LogP contribution in [-0.4, -0.2) is 170 Å². The van der Waals surface area contributed by atoms with Crippen molar-refractivity contribution in [3.8, 4) is 0 Å². The molecule has 0 radical (unpaired) electrons. The van der Waals surface area contributed by atoms with E-state index >= 15 is 0 Å². The number of aliphatic hydroxyl groups is 9. The van der Waals surface area contributed by atoms with Gasteiger partial charge in [0.1, 0.15) is 54.6 Å². The first-order chi connectivity index (χ1) is 29.0. The molecule has 26 atom stereocenters. The largest absolute Gasteiger partial charge is 0.394 e. The molecule has 9 rings (SSSR count). The molecule has 61 heavy (non-hydrogen) atoms. The molecule has 0 aromatic rings. The highest BCUT2D eigenvalue weighted by atomic mass is 16.7. The quantitative estimate of drug-likeness (QED) is 0.146. The Hall–Kier alpha value is -0.640. The minimum absolute atomic E-state index is 0.159. The Labute approximate surface area is 359 Å². The highest BCUT2D eigenvalue weighted by molar-refractivity contribution is 5.16. The van der Waals surface area contributed by atoms with Crippen LogP contribution in [0.2, 0.25) is 0 Å². The summed E-state index contributed by atoms with van der Waals surface area (Å²) in [5.41, 5.74) is 0.320. The van der Waals surface area contributed by atoms with Gasteiger partial charge in [-0.3, -0.25) is 5.32 Å². The molecule has 5 heterocycles. The lowest BCUT2D eigenvalue weighted by Crippen LogP contribution is -2.64. The van der Waals surface area contributed by atoms with Crippen LogP contribution in [0.3, 0.4) is 0 Å². The summed E-state index contributed by atoms with van der Waals surface area (Å²) >= 11 is 0. The number of hydrogen-bond acceptors (Lipinski definition) is 16. The Kier molecular flexibility index (Phi) is 12.8. The second-order valence-electron chi connectivity index (χ2n) is 21.7. The fraction of sp³-hybridized carbons (Fsp3) is 1.00. The Balaban J connectivity index is 0.815. The summed E-state index contributed by atoms with van der Waals surface area (Å²) in [6.07, 6.45) is -7.47. The number of fused-ring (bicyclic) bond motifs is 7. The van der Waals surface area contributed by atoms with E-state index in [2.05, 4.69) is 33.0 Å². The van der Waals surface area contributed by atoms with E-state index < -0.39 is 98.9 Å². The molecule has 0 unspecified atom stereocenters. The first-order valence-corrected chi connectivity index (χ1v) is 23.7. The summed E-state index contributed by atoms with van der Waals surface area (Å²) in [7, 11) is 0. The number of hydrogen-bond donors (Lipinski definition) is 10. The average molecular weight is 870 g/mol. The minimum Gasteiger partial charge on any atom is -0.394 e. The van der Waals surface area contributed by atoms with Crippen LogP contribution < -0.4 is 5.32 Å². The van der Waals surface area contributed by atoms with E-state index in [0.29, 0.717) is 52.9 Å². The van der Waals surface area contributed by atoms with Crippen molar-refractivity contribution in [1.29, 1.82) is 0 Å². The van der Waals surface area contributed by atoms with Crippen LogP contribution in [0, 0.1) is 58.2 Å². The third-order valence-corrected chi connectivity index (χ3v) is 18.7. The minimum atomic E-state index is -1.70. The maximum Gasteiger partial charge on any atom is 0.186 e. The monoisotopic (exact) mass is 870 g/mol. The third kappa shape index (κ3) is 7.59. The molecule has 0 aromatic heterocycles. The predicted octanol–water partition coefficient (Wildman–Crippen LogP) is 0.142. The average Bonchev–Trinajstić information content (AvgIpc) is 3.69. The highest BCUT2D eigenvalue weighted by Crippen LogP contribution is 2.71.